The first-order valence-corrected chi connectivity index (χ1v) is 14.3. The van der Waals surface area contributed by atoms with Gasteiger partial charge >= 0.3 is 0 Å². The number of aryl methyl sites for hydroxylation is 1. The van der Waals surface area contributed by atoms with Gasteiger partial charge in [-0.1, -0.05) is 29.8 Å². The van der Waals surface area contributed by atoms with Crippen molar-refractivity contribution in [1.29, 1.82) is 0 Å². The molecule has 5 rings (SSSR count). The molecule has 1 unspecified atom stereocenters. The highest BCUT2D eigenvalue weighted by molar-refractivity contribution is 7.91. The van der Waals surface area contributed by atoms with Gasteiger partial charge < -0.3 is 15.1 Å². The molecule has 0 radical (unpaired) electrons. The Morgan fingerprint density at radius 3 is 2.63 bits per heavy atom. The quantitative estimate of drug-likeness (QED) is 0.393. The number of rotatable bonds is 6. The van der Waals surface area contributed by atoms with Crippen molar-refractivity contribution in [1.82, 2.24) is 19.6 Å². The molecule has 198 valence electrons. The number of anilines is 1. The first kappa shape index (κ1) is 26.0. The second-order valence-corrected chi connectivity index (χ2v) is 11.9. The average molecular weight is 554 g/mol. The van der Waals surface area contributed by atoms with Gasteiger partial charge in [0.15, 0.2) is 9.84 Å². The highest BCUT2D eigenvalue weighted by Crippen LogP contribution is 2.25. The van der Waals surface area contributed by atoms with Crippen LogP contribution >= 0.6 is 11.6 Å². The van der Waals surface area contributed by atoms with Gasteiger partial charge in [0, 0.05) is 44.3 Å². The summed E-state index contributed by atoms with van der Waals surface area (Å²) in [5.74, 6) is -0.136. The summed E-state index contributed by atoms with van der Waals surface area (Å²) in [5.41, 5.74) is 1.68. The zero-order chi connectivity index (χ0) is 27.0. The largest absolute Gasteiger partial charge is 0.357 e. The number of halogens is 1. The number of imidazole rings is 1. The van der Waals surface area contributed by atoms with Crippen molar-refractivity contribution >= 4 is 55.5 Å². The average Bonchev–Trinajstić information content (AvgIpc) is 3.30. The van der Waals surface area contributed by atoms with E-state index >= 15 is 0 Å². The minimum absolute atomic E-state index is 0.150. The molecule has 1 fully saturated rings. The molecule has 4 aromatic rings. The van der Waals surface area contributed by atoms with E-state index in [1.54, 1.807) is 30.3 Å². The number of nitrogens with zero attached hydrogens (tertiary/aromatic N) is 4. The number of hydrogen-bond acceptors (Lipinski definition) is 6. The Morgan fingerprint density at radius 2 is 1.84 bits per heavy atom. The number of nitrogens with one attached hydrogen (secondary N) is 1. The standard InChI is InChI=1S/C27H28ClN5O4S/c1-18-16-33-24(30-18)4-3-5-25(33)31-11-12-32(23(17-31)27(35)29-2)26(34)10-13-38(36,37)22-9-7-19-14-21(28)8-6-20(19)15-22/h3-9,14-16,23H,10-13,17H2,1-2H3,(H,29,35). The third kappa shape index (κ3) is 5.06. The molecule has 1 aliphatic heterocycles. The molecule has 38 heavy (non-hydrogen) atoms. The number of fused-ring (bicyclic) bond motifs is 2. The molecule has 1 atom stereocenters. The van der Waals surface area contributed by atoms with E-state index in [-0.39, 0.29) is 42.0 Å². The molecular formula is C27H28ClN5O4S. The van der Waals surface area contributed by atoms with Crippen LogP contribution in [0.2, 0.25) is 5.02 Å². The lowest BCUT2D eigenvalue weighted by Crippen LogP contribution is -2.60. The van der Waals surface area contributed by atoms with E-state index in [1.165, 1.54) is 18.0 Å². The molecule has 0 bridgehead atoms. The highest BCUT2D eigenvalue weighted by Gasteiger charge is 2.36. The Kier molecular flexibility index (Phi) is 7.02. The first-order valence-electron chi connectivity index (χ1n) is 12.3. The minimum Gasteiger partial charge on any atom is -0.357 e. The maximum Gasteiger partial charge on any atom is 0.244 e. The van der Waals surface area contributed by atoms with Gasteiger partial charge in [0.05, 0.1) is 16.3 Å². The van der Waals surface area contributed by atoms with Crippen LogP contribution in [0, 0.1) is 6.92 Å². The summed E-state index contributed by atoms with van der Waals surface area (Å²) in [6, 6.07) is 15.1. The molecule has 11 heteroatoms. The van der Waals surface area contributed by atoms with Crippen molar-refractivity contribution in [2.75, 3.05) is 37.3 Å². The molecule has 0 aliphatic carbocycles. The number of aromatic nitrogens is 2. The third-order valence-corrected chi connectivity index (χ3v) is 8.83. The number of carbonyl (C=O) groups is 2. The number of hydrogen-bond donors (Lipinski definition) is 1. The Morgan fingerprint density at radius 1 is 1.08 bits per heavy atom. The van der Waals surface area contributed by atoms with Gasteiger partial charge in [0.1, 0.15) is 17.5 Å². The number of benzene rings is 2. The molecule has 3 heterocycles. The van der Waals surface area contributed by atoms with Gasteiger partial charge in [-0.15, -0.1) is 0 Å². The van der Waals surface area contributed by atoms with Crippen LogP contribution in [0.1, 0.15) is 12.1 Å². The van der Waals surface area contributed by atoms with E-state index in [2.05, 4.69) is 15.2 Å². The van der Waals surface area contributed by atoms with Crippen LogP contribution in [0.3, 0.4) is 0 Å². The topological polar surface area (TPSA) is 104 Å². The lowest BCUT2D eigenvalue weighted by molar-refractivity contribution is -0.140. The van der Waals surface area contributed by atoms with E-state index in [1.807, 2.05) is 35.7 Å². The Bertz CT molecular complexity index is 1650. The second kappa shape index (κ2) is 10.3. The molecule has 2 aromatic heterocycles. The summed E-state index contributed by atoms with van der Waals surface area (Å²) in [7, 11) is -2.19. The number of carbonyl (C=O) groups excluding carboxylic acids is 2. The van der Waals surface area contributed by atoms with Crippen LogP contribution in [0.5, 0.6) is 0 Å². The molecule has 1 saturated heterocycles. The Labute approximate surface area is 225 Å². The fourth-order valence-electron chi connectivity index (χ4n) is 4.93. The van der Waals surface area contributed by atoms with Gasteiger partial charge in [-0.2, -0.15) is 0 Å². The summed E-state index contributed by atoms with van der Waals surface area (Å²) in [6.45, 7) is 2.98. The maximum absolute atomic E-state index is 13.2. The highest BCUT2D eigenvalue weighted by atomic mass is 35.5. The zero-order valence-corrected chi connectivity index (χ0v) is 22.7. The number of likely N-dealkylation sites (N-methyl/N-ethyl adjacent to an activating group) is 1. The molecular weight excluding hydrogens is 526 g/mol. The molecule has 2 amide bonds. The van der Waals surface area contributed by atoms with Gasteiger partial charge in [-0.3, -0.25) is 14.0 Å². The third-order valence-electron chi connectivity index (χ3n) is 6.88. The normalized spacial score (nSPS) is 16.2. The number of pyridine rings is 1. The summed E-state index contributed by atoms with van der Waals surface area (Å²) in [5, 5.41) is 4.80. The first-order chi connectivity index (χ1) is 18.2. The van der Waals surface area contributed by atoms with Crippen molar-refractivity contribution in [3.05, 3.63) is 71.5 Å². The molecule has 0 spiro atoms. The maximum atomic E-state index is 13.2. The van der Waals surface area contributed by atoms with Gasteiger partial charge in [-0.25, -0.2) is 13.4 Å². The van der Waals surface area contributed by atoms with Gasteiger partial charge in [0.25, 0.3) is 0 Å². The van der Waals surface area contributed by atoms with Crippen LogP contribution < -0.4 is 10.2 Å². The fourth-order valence-corrected chi connectivity index (χ4v) is 6.37. The Hall–Kier alpha value is -3.63. The second-order valence-electron chi connectivity index (χ2n) is 9.38. The van der Waals surface area contributed by atoms with E-state index in [9.17, 15) is 18.0 Å². The van der Waals surface area contributed by atoms with E-state index in [0.29, 0.717) is 11.6 Å². The van der Waals surface area contributed by atoms with Crippen LogP contribution in [0.4, 0.5) is 5.82 Å². The summed E-state index contributed by atoms with van der Waals surface area (Å²) in [6.07, 6.45) is 1.72. The van der Waals surface area contributed by atoms with Crippen molar-refractivity contribution in [3.63, 3.8) is 0 Å². The van der Waals surface area contributed by atoms with Crippen molar-refractivity contribution in [2.24, 2.45) is 0 Å². The van der Waals surface area contributed by atoms with Crippen LogP contribution in [0.15, 0.2) is 65.7 Å². The van der Waals surface area contributed by atoms with Crippen LogP contribution in [-0.2, 0) is 19.4 Å². The predicted molar refractivity (Wildman–Crippen MR) is 147 cm³/mol. The summed E-state index contributed by atoms with van der Waals surface area (Å²) in [4.78, 5) is 34.3. The van der Waals surface area contributed by atoms with Gasteiger partial charge in [-0.05, 0) is 54.1 Å². The zero-order valence-electron chi connectivity index (χ0n) is 21.1. The van der Waals surface area contributed by atoms with E-state index < -0.39 is 15.9 Å². The lowest BCUT2D eigenvalue weighted by atomic mass is 10.1. The minimum atomic E-state index is -3.72. The SMILES string of the molecule is CNC(=O)C1CN(c2cccc3nc(C)cn23)CCN1C(=O)CCS(=O)(=O)c1ccc2cc(Cl)ccc2c1. The molecule has 1 aliphatic rings. The van der Waals surface area contributed by atoms with Crippen molar-refractivity contribution in [3.8, 4) is 0 Å². The van der Waals surface area contributed by atoms with E-state index in [0.717, 1.165) is 27.9 Å². The lowest BCUT2D eigenvalue weighted by Gasteiger charge is -2.41. The molecule has 0 saturated carbocycles. The van der Waals surface area contributed by atoms with E-state index in [4.69, 9.17) is 11.6 Å². The fraction of sp³-hybridized carbons (Fsp3) is 0.296. The molecule has 1 N–H and O–H groups in total. The molecule has 9 nitrogen and oxygen atoms in total. The molecule has 2 aromatic carbocycles. The van der Waals surface area contributed by atoms with Crippen molar-refractivity contribution < 1.29 is 18.0 Å². The number of amides is 2. The monoisotopic (exact) mass is 553 g/mol. The van der Waals surface area contributed by atoms with Gasteiger partial charge in [0.2, 0.25) is 11.8 Å². The summed E-state index contributed by atoms with van der Waals surface area (Å²) >= 11 is 6.03. The number of sulfone groups is 1. The summed E-state index contributed by atoms with van der Waals surface area (Å²) < 4.78 is 28.1. The predicted octanol–water partition coefficient (Wildman–Crippen LogP) is 3.08. The number of piperazine rings is 1. The van der Waals surface area contributed by atoms with Crippen molar-refractivity contribution in [2.45, 2.75) is 24.3 Å². The van der Waals surface area contributed by atoms with Crippen LogP contribution in [0.25, 0.3) is 16.4 Å². The van der Waals surface area contributed by atoms with Crippen LogP contribution in [-0.4, -0.2) is 73.0 Å². The Balaban J connectivity index is 1.32. The smallest absolute Gasteiger partial charge is 0.244 e.